The first-order chi connectivity index (χ1) is 9.86. The highest BCUT2D eigenvalue weighted by Crippen LogP contribution is 2.26. The van der Waals surface area contributed by atoms with E-state index in [1.54, 1.807) is 0 Å². The zero-order valence-electron chi connectivity index (χ0n) is 11.9. The van der Waals surface area contributed by atoms with E-state index < -0.39 is 16.0 Å². The number of rotatable bonds is 3. The summed E-state index contributed by atoms with van der Waals surface area (Å²) in [6.45, 7) is 2.12. The number of carbonyl (C=O) groups excluding carboxylic acids is 1. The molecule has 0 aromatic heterocycles. The molecule has 0 amide bonds. The summed E-state index contributed by atoms with van der Waals surface area (Å²) < 4.78 is 31.3. The van der Waals surface area contributed by atoms with Crippen LogP contribution in [0.15, 0.2) is 23.1 Å². The number of ether oxygens (including phenoxy) is 1. The van der Waals surface area contributed by atoms with Gasteiger partial charge in [-0.05, 0) is 25.2 Å². The third-order valence-electron chi connectivity index (χ3n) is 3.43. The van der Waals surface area contributed by atoms with Gasteiger partial charge in [0.25, 0.3) is 0 Å². The van der Waals surface area contributed by atoms with Crippen molar-refractivity contribution in [2.24, 2.45) is 0 Å². The highest BCUT2D eigenvalue weighted by Gasteiger charge is 2.30. The number of esters is 1. The van der Waals surface area contributed by atoms with Crippen molar-refractivity contribution in [3.05, 3.63) is 28.8 Å². The minimum absolute atomic E-state index is 0.0587. The molecule has 116 valence electrons. The Morgan fingerprint density at radius 2 is 1.86 bits per heavy atom. The van der Waals surface area contributed by atoms with Gasteiger partial charge in [0.05, 0.1) is 17.7 Å². The van der Waals surface area contributed by atoms with Gasteiger partial charge in [-0.15, -0.1) is 0 Å². The molecule has 0 atom stereocenters. The van der Waals surface area contributed by atoms with Gasteiger partial charge >= 0.3 is 5.97 Å². The highest BCUT2D eigenvalue weighted by molar-refractivity contribution is 7.89. The average molecular weight is 333 g/mol. The molecule has 1 heterocycles. The van der Waals surface area contributed by atoms with E-state index in [-0.39, 0.29) is 15.5 Å². The van der Waals surface area contributed by atoms with Gasteiger partial charge in [-0.1, -0.05) is 11.6 Å². The Bertz CT molecular complexity index is 640. The standard InChI is InChI=1S/C13H17ClN2O4S/c1-15-5-7-16(8-6-15)21(18,19)12-9-10(13(17)20-2)3-4-11(12)14/h3-4,9H,5-8H2,1-2H3. The number of carbonyl (C=O) groups is 1. The predicted molar refractivity (Wildman–Crippen MR) is 79.0 cm³/mol. The second kappa shape index (κ2) is 6.31. The second-order valence-corrected chi connectivity index (χ2v) is 7.16. The predicted octanol–water partition coefficient (Wildman–Crippen LogP) is 1.06. The molecule has 6 nitrogen and oxygen atoms in total. The molecule has 1 aliphatic heterocycles. The average Bonchev–Trinajstić information content (AvgIpc) is 2.47. The Morgan fingerprint density at radius 3 is 2.43 bits per heavy atom. The van der Waals surface area contributed by atoms with E-state index in [1.165, 1.54) is 29.6 Å². The molecule has 1 fully saturated rings. The van der Waals surface area contributed by atoms with Crippen LogP contribution in [0.4, 0.5) is 0 Å². The van der Waals surface area contributed by atoms with E-state index in [9.17, 15) is 13.2 Å². The van der Waals surface area contributed by atoms with Crippen LogP contribution in [-0.4, -0.2) is 63.9 Å². The maximum Gasteiger partial charge on any atom is 0.337 e. The first-order valence-electron chi connectivity index (χ1n) is 6.43. The lowest BCUT2D eigenvalue weighted by Crippen LogP contribution is -2.47. The molecule has 0 bridgehead atoms. The van der Waals surface area contributed by atoms with Crippen LogP contribution in [0.25, 0.3) is 0 Å². The van der Waals surface area contributed by atoms with Crippen LogP contribution in [0.2, 0.25) is 5.02 Å². The van der Waals surface area contributed by atoms with Crippen LogP contribution in [0.3, 0.4) is 0 Å². The SMILES string of the molecule is COC(=O)c1ccc(Cl)c(S(=O)(=O)N2CCN(C)CC2)c1. The van der Waals surface area contributed by atoms with Crippen molar-refractivity contribution in [3.63, 3.8) is 0 Å². The number of benzene rings is 1. The number of likely N-dealkylation sites (N-methyl/N-ethyl adjacent to an activating group) is 1. The minimum Gasteiger partial charge on any atom is -0.465 e. The molecule has 0 radical (unpaired) electrons. The Kier molecular flexibility index (Phi) is 4.88. The Hall–Kier alpha value is -1.15. The molecular formula is C13H17ClN2O4S. The molecule has 1 aromatic rings. The van der Waals surface area contributed by atoms with Gasteiger partial charge < -0.3 is 9.64 Å². The number of piperazine rings is 1. The summed E-state index contributed by atoms with van der Waals surface area (Å²) in [6, 6.07) is 4.11. The first-order valence-corrected chi connectivity index (χ1v) is 8.24. The third kappa shape index (κ3) is 3.37. The minimum atomic E-state index is -3.71. The van der Waals surface area contributed by atoms with Crippen LogP contribution < -0.4 is 0 Å². The van der Waals surface area contributed by atoms with Crippen LogP contribution in [0.5, 0.6) is 0 Å². The van der Waals surface area contributed by atoms with Gasteiger partial charge in [-0.3, -0.25) is 0 Å². The number of hydrogen-bond donors (Lipinski definition) is 0. The normalized spacial score (nSPS) is 17.7. The summed E-state index contributed by atoms with van der Waals surface area (Å²) in [5, 5.41) is 0.0987. The maximum atomic E-state index is 12.6. The fourth-order valence-electron chi connectivity index (χ4n) is 2.11. The van der Waals surface area contributed by atoms with Crippen LogP contribution in [0.1, 0.15) is 10.4 Å². The zero-order chi connectivity index (χ0) is 15.6. The first kappa shape index (κ1) is 16.2. The number of hydrogen-bond acceptors (Lipinski definition) is 5. The van der Waals surface area contributed by atoms with Crippen LogP contribution in [0, 0.1) is 0 Å². The molecular weight excluding hydrogens is 316 g/mol. The lowest BCUT2D eigenvalue weighted by Gasteiger charge is -2.31. The topological polar surface area (TPSA) is 66.9 Å². The van der Waals surface area contributed by atoms with Gasteiger partial charge in [0.1, 0.15) is 4.90 Å². The number of halogens is 1. The van der Waals surface area contributed by atoms with Crippen molar-refractivity contribution in [1.82, 2.24) is 9.21 Å². The quantitative estimate of drug-likeness (QED) is 0.774. The molecule has 21 heavy (non-hydrogen) atoms. The molecule has 8 heteroatoms. The largest absolute Gasteiger partial charge is 0.465 e. The number of sulfonamides is 1. The van der Waals surface area contributed by atoms with E-state index in [1.807, 2.05) is 7.05 Å². The summed E-state index contributed by atoms with van der Waals surface area (Å²) >= 11 is 6.01. The summed E-state index contributed by atoms with van der Waals surface area (Å²) in [5.74, 6) is -0.596. The monoisotopic (exact) mass is 332 g/mol. The van der Waals surface area contributed by atoms with Crippen LogP contribution in [-0.2, 0) is 14.8 Å². The lowest BCUT2D eigenvalue weighted by molar-refractivity contribution is 0.0600. The number of methoxy groups -OCH3 is 1. The van der Waals surface area contributed by atoms with E-state index >= 15 is 0 Å². The van der Waals surface area contributed by atoms with Crippen LogP contribution >= 0.6 is 11.6 Å². The zero-order valence-corrected chi connectivity index (χ0v) is 13.4. The van der Waals surface area contributed by atoms with Crippen molar-refractivity contribution in [1.29, 1.82) is 0 Å². The Labute approximate surface area is 129 Å². The molecule has 0 saturated carbocycles. The fraction of sp³-hybridized carbons (Fsp3) is 0.462. The number of nitrogens with zero attached hydrogens (tertiary/aromatic N) is 2. The molecule has 1 saturated heterocycles. The van der Waals surface area contributed by atoms with Gasteiger partial charge in [-0.25, -0.2) is 13.2 Å². The maximum absolute atomic E-state index is 12.6. The summed E-state index contributed by atoms with van der Waals surface area (Å²) in [5.41, 5.74) is 0.162. The van der Waals surface area contributed by atoms with Gasteiger partial charge in [0.15, 0.2) is 0 Å². The van der Waals surface area contributed by atoms with E-state index in [4.69, 9.17) is 11.6 Å². The molecule has 0 aliphatic carbocycles. The summed E-state index contributed by atoms with van der Waals surface area (Å²) in [6.07, 6.45) is 0. The molecule has 2 rings (SSSR count). The Balaban J connectivity index is 2.37. The molecule has 0 N–H and O–H groups in total. The van der Waals surface area contributed by atoms with Gasteiger partial charge in [0.2, 0.25) is 10.0 Å². The molecule has 1 aliphatic rings. The van der Waals surface area contributed by atoms with E-state index in [2.05, 4.69) is 9.64 Å². The lowest BCUT2D eigenvalue weighted by atomic mass is 10.2. The van der Waals surface area contributed by atoms with Gasteiger partial charge in [-0.2, -0.15) is 4.31 Å². The third-order valence-corrected chi connectivity index (χ3v) is 5.81. The molecule has 0 spiro atoms. The van der Waals surface area contributed by atoms with Crippen molar-refractivity contribution in [2.45, 2.75) is 4.90 Å². The van der Waals surface area contributed by atoms with Crippen molar-refractivity contribution in [3.8, 4) is 0 Å². The molecule has 1 aromatic carbocycles. The second-order valence-electron chi connectivity index (χ2n) is 4.84. The van der Waals surface area contributed by atoms with Gasteiger partial charge in [0, 0.05) is 26.2 Å². The smallest absolute Gasteiger partial charge is 0.337 e. The van der Waals surface area contributed by atoms with E-state index in [0.29, 0.717) is 26.2 Å². The van der Waals surface area contributed by atoms with Crippen molar-refractivity contribution < 1.29 is 17.9 Å². The summed E-state index contributed by atoms with van der Waals surface area (Å²) in [4.78, 5) is 13.5. The Morgan fingerprint density at radius 1 is 1.24 bits per heavy atom. The van der Waals surface area contributed by atoms with Crippen molar-refractivity contribution in [2.75, 3.05) is 40.3 Å². The van der Waals surface area contributed by atoms with Crippen molar-refractivity contribution >= 4 is 27.6 Å². The van der Waals surface area contributed by atoms with E-state index in [0.717, 1.165) is 0 Å². The fourth-order valence-corrected chi connectivity index (χ4v) is 4.04. The molecule has 0 unspecified atom stereocenters. The summed E-state index contributed by atoms with van der Waals surface area (Å²) in [7, 11) is -0.532. The highest BCUT2D eigenvalue weighted by atomic mass is 35.5.